The van der Waals surface area contributed by atoms with Crippen LogP contribution in [0, 0.1) is 0 Å². The van der Waals surface area contributed by atoms with E-state index in [2.05, 4.69) is 4.99 Å². The molecular formula is C18H14ClN4O4+. The highest BCUT2D eigenvalue weighted by Crippen LogP contribution is 2.34. The Labute approximate surface area is 159 Å². The minimum atomic E-state index is -0.438. The van der Waals surface area contributed by atoms with E-state index in [-0.39, 0.29) is 40.6 Å². The first-order valence-electron chi connectivity index (χ1n) is 7.51. The Kier molecular flexibility index (Phi) is 6.03. The van der Waals surface area contributed by atoms with Crippen LogP contribution in [-0.2, 0) is 14.4 Å². The van der Waals surface area contributed by atoms with Gasteiger partial charge in [0.2, 0.25) is 11.6 Å². The van der Waals surface area contributed by atoms with Gasteiger partial charge in [-0.1, -0.05) is 12.1 Å². The van der Waals surface area contributed by atoms with E-state index < -0.39 is 5.91 Å². The van der Waals surface area contributed by atoms with Crippen molar-refractivity contribution in [1.29, 1.82) is 0 Å². The molecule has 1 heterocycles. The number of nitrogens with two attached hydrogens (primary N) is 1. The molecule has 27 heavy (non-hydrogen) atoms. The van der Waals surface area contributed by atoms with Crippen molar-refractivity contribution in [1.82, 2.24) is 5.43 Å². The third-order valence-electron chi connectivity index (χ3n) is 3.80. The summed E-state index contributed by atoms with van der Waals surface area (Å²) < 4.78 is 1.61. The topological polar surface area (TPSA) is 125 Å². The summed E-state index contributed by atoms with van der Waals surface area (Å²) in [6, 6.07) is 9.61. The van der Waals surface area contributed by atoms with Gasteiger partial charge in [0.15, 0.2) is 5.69 Å². The van der Waals surface area contributed by atoms with Crippen molar-refractivity contribution in [2.45, 2.75) is 6.42 Å². The highest BCUT2D eigenvalue weighted by atomic mass is 35.5. The zero-order valence-electron chi connectivity index (χ0n) is 13.8. The van der Waals surface area contributed by atoms with Crippen LogP contribution in [0.4, 0.5) is 11.4 Å². The Morgan fingerprint density at radius 2 is 1.89 bits per heavy atom. The van der Waals surface area contributed by atoms with Gasteiger partial charge >= 0.3 is 5.84 Å². The number of aliphatic imine (C=N–C) groups is 1. The fourth-order valence-corrected chi connectivity index (χ4v) is 2.57. The van der Waals surface area contributed by atoms with Gasteiger partial charge in [-0.15, -0.1) is 12.4 Å². The summed E-state index contributed by atoms with van der Waals surface area (Å²) in [7, 11) is 0. The minimum Gasteiger partial charge on any atom is -0.507 e. The molecule has 4 N–H and O–H groups in total. The van der Waals surface area contributed by atoms with Crippen molar-refractivity contribution in [3.63, 3.8) is 0 Å². The largest absolute Gasteiger partial charge is 0.507 e. The number of carbonyl (C=O) groups excluding carboxylic acids is 3. The number of phenolic OH excluding ortho intramolecular Hbond substituents is 1. The van der Waals surface area contributed by atoms with Crippen LogP contribution in [0.25, 0.3) is 0 Å². The second kappa shape index (κ2) is 8.23. The van der Waals surface area contributed by atoms with Crippen molar-refractivity contribution < 1.29 is 24.1 Å². The normalized spacial score (nSPS) is 13.1. The number of halogens is 1. The van der Waals surface area contributed by atoms with Crippen LogP contribution >= 0.6 is 12.4 Å². The first-order valence-corrected chi connectivity index (χ1v) is 7.51. The Hall–Kier alpha value is -3.54. The van der Waals surface area contributed by atoms with Crippen molar-refractivity contribution in [3.05, 3.63) is 52.4 Å². The Morgan fingerprint density at radius 1 is 1.22 bits per heavy atom. The number of nitrogens with one attached hydrogen (secondary N) is 1. The average molecular weight is 386 g/mol. The number of nitrogens with zero attached hydrogens (tertiary/aromatic N) is 2. The Balaban J connectivity index is 0.00000261. The summed E-state index contributed by atoms with van der Waals surface area (Å²) in [5.74, 6) is 8.08. The SMILES string of the molecule is Cl.NNC(=O)CC1=Nc2ccccc2[N+]1=Cc1cc(=C=O)c(=C=O)cc1O. The molecule has 3 rings (SSSR count). The maximum atomic E-state index is 11.7. The third kappa shape index (κ3) is 3.84. The van der Waals surface area contributed by atoms with Gasteiger partial charge in [-0.05, 0) is 23.2 Å². The van der Waals surface area contributed by atoms with Crippen LogP contribution < -0.4 is 21.7 Å². The van der Waals surface area contributed by atoms with Crippen molar-refractivity contribution in [2.24, 2.45) is 10.8 Å². The quantitative estimate of drug-likeness (QED) is 0.271. The lowest BCUT2D eigenvalue weighted by molar-refractivity contribution is -0.296. The summed E-state index contributed by atoms with van der Waals surface area (Å²) in [5, 5.41) is 10.0. The minimum absolute atomic E-state index is 0. The molecule has 0 saturated heterocycles. The highest BCUT2D eigenvalue weighted by Gasteiger charge is 2.31. The Bertz CT molecular complexity index is 1150. The molecule has 0 bridgehead atoms. The highest BCUT2D eigenvalue weighted by molar-refractivity contribution is 6.02. The zero-order chi connectivity index (χ0) is 18.7. The molecule has 136 valence electrons. The van der Waals surface area contributed by atoms with E-state index in [1.165, 1.54) is 12.3 Å². The number of fused-ring (bicyclic) bond motifs is 1. The second-order valence-electron chi connectivity index (χ2n) is 5.42. The molecule has 0 saturated carbocycles. The van der Waals surface area contributed by atoms with E-state index in [4.69, 9.17) is 5.84 Å². The summed E-state index contributed by atoms with van der Waals surface area (Å²) in [4.78, 5) is 37.9. The van der Waals surface area contributed by atoms with Crippen LogP contribution in [0.1, 0.15) is 12.0 Å². The van der Waals surface area contributed by atoms with Crippen molar-refractivity contribution in [3.8, 4) is 5.75 Å². The molecule has 9 heteroatoms. The number of hydrogen-bond acceptors (Lipinski definition) is 6. The average Bonchev–Trinajstić information content (AvgIpc) is 2.99. The Morgan fingerprint density at radius 3 is 2.56 bits per heavy atom. The van der Waals surface area contributed by atoms with Gasteiger partial charge in [0.1, 0.15) is 30.3 Å². The number of aromatic hydroxyl groups is 1. The van der Waals surface area contributed by atoms with E-state index in [1.54, 1.807) is 40.7 Å². The summed E-state index contributed by atoms with van der Waals surface area (Å²) >= 11 is 0. The molecule has 0 aromatic heterocycles. The van der Waals surface area contributed by atoms with Gasteiger partial charge < -0.3 is 5.11 Å². The standard InChI is InChI=1S/C18H12N4O4.ClH/c19-21-18(26)7-17-20-14-3-1-2-4-15(14)22(17)8-11-5-12(9-23)13(10-24)6-16(11)25;/h1-6,8H,7,19H2,(H-,21,25,26);1H/p+1. The molecule has 2 aromatic rings. The molecule has 0 aliphatic carbocycles. The lowest BCUT2D eigenvalue weighted by atomic mass is 10.1. The predicted octanol–water partition coefficient (Wildman–Crippen LogP) is -0.993. The van der Waals surface area contributed by atoms with Crippen LogP contribution in [0.2, 0.25) is 0 Å². The number of hydrazine groups is 1. The van der Waals surface area contributed by atoms with Crippen LogP contribution in [-0.4, -0.2) is 39.5 Å². The second-order valence-corrected chi connectivity index (χ2v) is 5.42. The molecule has 0 radical (unpaired) electrons. The van der Waals surface area contributed by atoms with Crippen molar-refractivity contribution in [2.75, 3.05) is 0 Å². The predicted molar refractivity (Wildman–Crippen MR) is 99.8 cm³/mol. The van der Waals surface area contributed by atoms with E-state index >= 15 is 0 Å². The maximum Gasteiger partial charge on any atom is 0.314 e. The monoisotopic (exact) mass is 385 g/mol. The summed E-state index contributed by atoms with van der Waals surface area (Å²) in [5.41, 5.74) is 3.62. The number of amidine groups is 1. The molecule has 1 amide bonds. The van der Waals surface area contributed by atoms with Gasteiger partial charge in [-0.3, -0.25) is 10.2 Å². The fourth-order valence-electron chi connectivity index (χ4n) is 2.57. The van der Waals surface area contributed by atoms with E-state index in [0.717, 1.165) is 6.07 Å². The summed E-state index contributed by atoms with van der Waals surface area (Å²) in [6.07, 6.45) is 1.43. The number of benzene rings is 2. The van der Waals surface area contributed by atoms with Gasteiger partial charge in [0.05, 0.1) is 16.0 Å². The number of carbonyl (C=O) groups is 1. The van der Waals surface area contributed by atoms with E-state index in [0.29, 0.717) is 17.2 Å². The maximum absolute atomic E-state index is 11.7. The molecule has 8 nitrogen and oxygen atoms in total. The van der Waals surface area contributed by atoms with Gasteiger partial charge in [-0.2, -0.15) is 4.58 Å². The number of phenols is 1. The molecule has 0 atom stereocenters. The number of rotatable bonds is 3. The lowest BCUT2D eigenvalue weighted by Gasteiger charge is -2.03. The number of hydrogen-bond donors (Lipinski definition) is 3. The van der Waals surface area contributed by atoms with Crippen LogP contribution in [0.5, 0.6) is 5.75 Å². The van der Waals surface area contributed by atoms with E-state index in [9.17, 15) is 19.5 Å². The molecule has 2 aromatic carbocycles. The van der Waals surface area contributed by atoms with Crippen LogP contribution in [0.15, 0.2) is 41.4 Å². The van der Waals surface area contributed by atoms with Crippen LogP contribution in [0.3, 0.4) is 0 Å². The van der Waals surface area contributed by atoms with E-state index in [1.807, 2.05) is 5.43 Å². The fraction of sp³-hybridized carbons (Fsp3) is 0.0556. The molecule has 0 spiro atoms. The molecule has 1 aliphatic heterocycles. The first-order chi connectivity index (χ1) is 12.6. The molecule has 0 unspecified atom stereocenters. The smallest absolute Gasteiger partial charge is 0.314 e. The lowest BCUT2D eigenvalue weighted by Crippen LogP contribution is -2.33. The van der Waals surface area contributed by atoms with Gasteiger partial charge in [0, 0.05) is 6.07 Å². The molecule has 0 fully saturated rings. The molecule has 1 aliphatic rings. The first kappa shape index (κ1) is 19.8. The summed E-state index contributed by atoms with van der Waals surface area (Å²) in [6.45, 7) is 0. The van der Waals surface area contributed by atoms with Gasteiger partial charge in [-0.25, -0.2) is 15.4 Å². The third-order valence-corrected chi connectivity index (χ3v) is 3.80. The van der Waals surface area contributed by atoms with Crippen molar-refractivity contribution >= 4 is 53.6 Å². The molecular weight excluding hydrogens is 372 g/mol. The zero-order valence-corrected chi connectivity index (χ0v) is 14.6. The number of para-hydroxylation sites is 2. The van der Waals surface area contributed by atoms with Gasteiger partial charge in [0.25, 0.3) is 0 Å². The number of amides is 1.